The van der Waals surface area contributed by atoms with Crippen molar-refractivity contribution in [3.05, 3.63) is 35.4 Å². The number of allylic oxidation sites excluding steroid dienone is 1. The van der Waals surface area contributed by atoms with Gasteiger partial charge in [-0.3, -0.25) is 9.78 Å². The van der Waals surface area contributed by atoms with Crippen LogP contribution in [0.25, 0.3) is 6.08 Å². The molecule has 0 fully saturated rings. The zero-order valence-corrected chi connectivity index (χ0v) is 6.62. The molecule has 0 aliphatic heterocycles. The maximum absolute atomic E-state index is 12.7. The van der Waals surface area contributed by atoms with Crippen LogP contribution in [0.15, 0.2) is 18.2 Å². The molecule has 1 aromatic rings. The van der Waals surface area contributed by atoms with E-state index in [0.717, 1.165) is 0 Å². The number of carbonyl (C=O) groups is 1. The van der Waals surface area contributed by atoms with E-state index in [4.69, 9.17) is 0 Å². The lowest BCUT2D eigenvalue weighted by Gasteiger charge is -1.95. The first-order valence-corrected chi connectivity index (χ1v) is 3.49. The Balaban J connectivity index is 2.96. The number of carbonyl (C=O) groups excluding carboxylic acids is 1. The van der Waals surface area contributed by atoms with Gasteiger partial charge in [0.05, 0.1) is 11.4 Å². The van der Waals surface area contributed by atoms with Crippen LogP contribution in [0.3, 0.4) is 0 Å². The maximum atomic E-state index is 12.7. The molecule has 2 nitrogen and oxygen atoms in total. The molecule has 1 heterocycles. The zero-order chi connectivity index (χ0) is 8.97. The quantitative estimate of drug-likeness (QED) is 0.493. The van der Waals surface area contributed by atoms with E-state index in [1.807, 2.05) is 0 Å². The minimum absolute atomic E-state index is 0.335. The normalized spacial score (nSPS) is 10.5. The van der Waals surface area contributed by atoms with Gasteiger partial charge in [-0.25, -0.2) is 4.39 Å². The van der Waals surface area contributed by atoms with Crippen molar-refractivity contribution in [1.82, 2.24) is 4.98 Å². The average molecular weight is 165 g/mol. The van der Waals surface area contributed by atoms with Crippen LogP contribution in [0.2, 0.25) is 0 Å². The van der Waals surface area contributed by atoms with E-state index in [2.05, 4.69) is 4.98 Å². The zero-order valence-electron chi connectivity index (χ0n) is 6.62. The number of hydrogen-bond acceptors (Lipinski definition) is 2. The second-order valence-electron chi connectivity index (χ2n) is 2.30. The largest absolute Gasteiger partial charge is 0.299 e. The first-order chi connectivity index (χ1) is 5.74. The minimum atomic E-state index is -0.335. The summed E-state index contributed by atoms with van der Waals surface area (Å²) in [6.07, 6.45) is 3.50. The summed E-state index contributed by atoms with van der Waals surface area (Å²) in [5.41, 5.74) is 0.920. The van der Waals surface area contributed by atoms with E-state index in [9.17, 15) is 9.18 Å². The molecule has 0 bridgehead atoms. The van der Waals surface area contributed by atoms with Crippen LogP contribution in [0.4, 0.5) is 4.39 Å². The van der Waals surface area contributed by atoms with Crippen LogP contribution >= 0.6 is 0 Å². The molecule has 0 spiro atoms. The van der Waals surface area contributed by atoms with Gasteiger partial charge in [0.25, 0.3) is 0 Å². The second kappa shape index (κ2) is 3.76. The highest BCUT2D eigenvalue weighted by Crippen LogP contribution is 2.05. The monoisotopic (exact) mass is 165 g/mol. The first kappa shape index (κ1) is 8.59. The summed E-state index contributed by atoms with van der Waals surface area (Å²) < 4.78 is 12.7. The fourth-order valence-corrected chi connectivity index (χ4v) is 0.794. The van der Waals surface area contributed by atoms with Crippen LogP contribution in [-0.2, 0) is 4.79 Å². The van der Waals surface area contributed by atoms with Crippen molar-refractivity contribution in [3.63, 3.8) is 0 Å². The predicted octanol–water partition coefficient (Wildman–Crippen LogP) is 1.74. The summed E-state index contributed by atoms with van der Waals surface area (Å²) in [5, 5.41) is 0. The van der Waals surface area contributed by atoms with Crippen molar-refractivity contribution in [2.75, 3.05) is 0 Å². The summed E-state index contributed by atoms with van der Waals surface area (Å²) in [6, 6.07) is 2.84. The van der Waals surface area contributed by atoms with E-state index in [1.165, 1.54) is 24.3 Å². The van der Waals surface area contributed by atoms with Gasteiger partial charge in [-0.2, -0.15) is 0 Å². The molecular formula is C9H8FNO. The second-order valence-corrected chi connectivity index (χ2v) is 2.30. The van der Waals surface area contributed by atoms with E-state index in [-0.39, 0.29) is 5.82 Å². The van der Waals surface area contributed by atoms with Gasteiger partial charge in [-0.15, -0.1) is 0 Å². The van der Waals surface area contributed by atoms with Gasteiger partial charge in [0, 0.05) is 0 Å². The molecule has 0 atom stereocenters. The third-order valence-electron chi connectivity index (χ3n) is 1.39. The van der Waals surface area contributed by atoms with Crippen molar-refractivity contribution >= 4 is 12.4 Å². The van der Waals surface area contributed by atoms with Gasteiger partial charge in [0.2, 0.25) is 0 Å². The molecule has 0 radical (unpaired) electrons. The number of aromatic nitrogens is 1. The van der Waals surface area contributed by atoms with Crippen LogP contribution in [0.5, 0.6) is 0 Å². The minimum Gasteiger partial charge on any atom is -0.299 e. The highest BCUT2D eigenvalue weighted by Gasteiger charge is 1.96. The molecule has 0 amide bonds. The van der Waals surface area contributed by atoms with Crippen molar-refractivity contribution < 1.29 is 9.18 Å². The molecular weight excluding hydrogens is 157 g/mol. The summed E-state index contributed by atoms with van der Waals surface area (Å²) in [6.45, 7) is 1.58. The van der Waals surface area contributed by atoms with Crippen molar-refractivity contribution in [3.8, 4) is 0 Å². The number of hydrogen-bond donors (Lipinski definition) is 0. The SMILES string of the molecule is Cc1nc(/C=C/C=O)ccc1F. The fourth-order valence-electron chi connectivity index (χ4n) is 0.794. The van der Waals surface area contributed by atoms with E-state index < -0.39 is 0 Å². The van der Waals surface area contributed by atoms with Gasteiger partial charge >= 0.3 is 0 Å². The molecule has 1 rings (SSSR count). The Hall–Kier alpha value is -1.51. The molecule has 1 aromatic heterocycles. The molecule has 0 aromatic carbocycles. The van der Waals surface area contributed by atoms with Crippen LogP contribution < -0.4 is 0 Å². The van der Waals surface area contributed by atoms with E-state index in [0.29, 0.717) is 17.7 Å². The van der Waals surface area contributed by atoms with Gasteiger partial charge in [0.15, 0.2) is 0 Å². The predicted molar refractivity (Wildman–Crippen MR) is 44.0 cm³/mol. The standard InChI is InChI=1S/C9H8FNO/c1-7-9(10)5-4-8(11-7)3-2-6-12/h2-6H,1H3/b3-2+. The molecule has 0 saturated heterocycles. The molecule has 0 aliphatic carbocycles. The van der Waals surface area contributed by atoms with Gasteiger partial charge in [0.1, 0.15) is 12.1 Å². The molecule has 0 unspecified atom stereocenters. The van der Waals surface area contributed by atoms with E-state index >= 15 is 0 Å². The number of pyridine rings is 1. The lowest BCUT2D eigenvalue weighted by Crippen LogP contribution is -1.89. The third-order valence-corrected chi connectivity index (χ3v) is 1.39. The number of aryl methyl sites for hydroxylation is 1. The van der Waals surface area contributed by atoms with Crippen molar-refractivity contribution in [2.24, 2.45) is 0 Å². The number of aldehydes is 1. The summed E-state index contributed by atoms with van der Waals surface area (Å²) >= 11 is 0. The molecule has 0 aliphatic rings. The number of nitrogens with zero attached hydrogens (tertiary/aromatic N) is 1. The highest BCUT2D eigenvalue weighted by atomic mass is 19.1. The topological polar surface area (TPSA) is 30.0 Å². The smallest absolute Gasteiger partial charge is 0.144 e. The molecule has 0 N–H and O–H groups in total. The Labute approximate surface area is 69.7 Å². The van der Waals surface area contributed by atoms with Crippen molar-refractivity contribution in [1.29, 1.82) is 0 Å². The van der Waals surface area contributed by atoms with E-state index in [1.54, 1.807) is 6.92 Å². The Morgan fingerprint density at radius 3 is 2.83 bits per heavy atom. The lowest BCUT2D eigenvalue weighted by atomic mass is 10.3. The summed E-state index contributed by atoms with van der Waals surface area (Å²) in [4.78, 5) is 13.8. The molecule has 3 heteroatoms. The molecule has 12 heavy (non-hydrogen) atoms. The third kappa shape index (κ3) is 1.99. The van der Waals surface area contributed by atoms with Crippen LogP contribution in [0.1, 0.15) is 11.4 Å². The highest BCUT2D eigenvalue weighted by molar-refractivity contribution is 5.72. The Morgan fingerprint density at radius 1 is 1.50 bits per heavy atom. The molecule has 62 valence electrons. The summed E-state index contributed by atoms with van der Waals surface area (Å²) in [5.74, 6) is -0.335. The van der Waals surface area contributed by atoms with Gasteiger partial charge < -0.3 is 0 Å². The number of rotatable bonds is 2. The maximum Gasteiger partial charge on any atom is 0.144 e. The van der Waals surface area contributed by atoms with Gasteiger partial charge in [-0.1, -0.05) is 0 Å². The van der Waals surface area contributed by atoms with Crippen LogP contribution in [-0.4, -0.2) is 11.3 Å². The first-order valence-electron chi connectivity index (χ1n) is 3.49. The Bertz CT molecular complexity index is 320. The average Bonchev–Trinajstić information content (AvgIpc) is 2.07. The number of halogens is 1. The Kier molecular flexibility index (Phi) is 2.69. The Morgan fingerprint density at radius 2 is 2.25 bits per heavy atom. The summed E-state index contributed by atoms with van der Waals surface area (Å²) in [7, 11) is 0. The van der Waals surface area contributed by atoms with Crippen molar-refractivity contribution in [2.45, 2.75) is 6.92 Å². The fraction of sp³-hybridized carbons (Fsp3) is 0.111. The van der Waals surface area contributed by atoms with Crippen LogP contribution in [0, 0.1) is 12.7 Å². The molecule has 0 saturated carbocycles. The lowest BCUT2D eigenvalue weighted by molar-refractivity contribution is -0.104. The van der Waals surface area contributed by atoms with Gasteiger partial charge in [-0.05, 0) is 31.2 Å².